The van der Waals surface area contributed by atoms with E-state index in [0.29, 0.717) is 17.5 Å². The molecule has 1 aromatic heterocycles. The molecule has 100 valence electrons. The van der Waals surface area contributed by atoms with E-state index in [-0.39, 0.29) is 11.7 Å². The highest BCUT2D eigenvalue weighted by Crippen LogP contribution is 2.33. The van der Waals surface area contributed by atoms with E-state index in [9.17, 15) is 9.90 Å². The molecule has 0 saturated carbocycles. The predicted molar refractivity (Wildman–Crippen MR) is 79.2 cm³/mol. The van der Waals surface area contributed by atoms with Crippen LogP contribution >= 0.6 is 0 Å². The van der Waals surface area contributed by atoms with Crippen LogP contribution in [0, 0.1) is 0 Å². The zero-order valence-electron chi connectivity index (χ0n) is 11.2. The first kappa shape index (κ1) is 12.5. The summed E-state index contributed by atoms with van der Waals surface area (Å²) < 4.78 is 1.59. The Bertz CT molecular complexity index is 772. The molecule has 0 amide bonds. The van der Waals surface area contributed by atoms with Gasteiger partial charge in [0.15, 0.2) is 0 Å². The summed E-state index contributed by atoms with van der Waals surface area (Å²) in [5, 5.41) is 11.1. The van der Waals surface area contributed by atoms with Crippen LogP contribution in [0.4, 0.5) is 0 Å². The number of para-hydroxylation sites is 1. The highest BCUT2D eigenvalue weighted by molar-refractivity contribution is 5.97. The van der Waals surface area contributed by atoms with Crippen molar-refractivity contribution < 1.29 is 9.90 Å². The van der Waals surface area contributed by atoms with E-state index >= 15 is 0 Å². The minimum atomic E-state index is -0.0903. The summed E-state index contributed by atoms with van der Waals surface area (Å²) >= 11 is 0. The van der Waals surface area contributed by atoms with Gasteiger partial charge in [-0.25, -0.2) is 0 Å². The zero-order chi connectivity index (χ0) is 14.1. The molecule has 1 N–H and O–H groups in total. The number of rotatable bonds is 2. The first-order chi connectivity index (χ1) is 9.68. The summed E-state index contributed by atoms with van der Waals surface area (Å²) in [6.07, 6.45) is 0.529. The van der Waals surface area contributed by atoms with Gasteiger partial charge in [-0.2, -0.15) is 0 Å². The third kappa shape index (κ3) is 1.97. The molecule has 0 aliphatic carbocycles. The quantitative estimate of drug-likeness (QED) is 0.769. The predicted octanol–water partition coefficient (Wildman–Crippen LogP) is 3.60. The SMILES string of the molecule is CC(=O)n1c(Cc2ccccc2)c(O)c2ccccc21. The van der Waals surface area contributed by atoms with Crippen LogP contribution in [0.1, 0.15) is 23.0 Å². The number of aromatic hydroxyl groups is 1. The molecule has 2 aromatic carbocycles. The number of fused-ring (bicyclic) bond motifs is 1. The number of carbonyl (C=O) groups is 1. The second-order valence-corrected chi connectivity index (χ2v) is 4.83. The molecule has 0 bridgehead atoms. The van der Waals surface area contributed by atoms with E-state index < -0.39 is 0 Å². The van der Waals surface area contributed by atoms with E-state index in [1.807, 2.05) is 54.6 Å². The highest BCUT2D eigenvalue weighted by Gasteiger charge is 2.18. The van der Waals surface area contributed by atoms with Gasteiger partial charge in [0, 0.05) is 18.7 Å². The van der Waals surface area contributed by atoms with Crippen molar-refractivity contribution in [2.24, 2.45) is 0 Å². The Kier molecular flexibility index (Phi) is 3.03. The molecule has 3 nitrogen and oxygen atoms in total. The van der Waals surface area contributed by atoms with Crippen molar-refractivity contribution >= 4 is 16.8 Å². The smallest absolute Gasteiger partial charge is 0.228 e. The molecule has 0 unspecified atom stereocenters. The van der Waals surface area contributed by atoms with Gasteiger partial charge in [0.05, 0.1) is 11.2 Å². The van der Waals surface area contributed by atoms with Gasteiger partial charge in [-0.1, -0.05) is 42.5 Å². The van der Waals surface area contributed by atoms with Gasteiger partial charge >= 0.3 is 0 Å². The molecule has 0 fully saturated rings. The first-order valence-electron chi connectivity index (χ1n) is 6.54. The topological polar surface area (TPSA) is 42.2 Å². The zero-order valence-corrected chi connectivity index (χ0v) is 11.2. The fourth-order valence-electron chi connectivity index (χ4n) is 2.59. The largest absolute Gasteiger partial charge is 0.505 e. The molecule has 0 aliphatic rings. The summed E-state index contributed by atoms with van der Waals surface area (Å²) in [6.45, 7) is 1.51. The van der Waals surface area contributed by atoms with Gasteiger partial charge in [-0.05, 0) is 17.7 Å². The number of hydrogen-bond acceptors (Lipinski definition) is 2. The monoisotopic (exact) mass is 265 g/mol. The molecule has 1 heterocycles. The van der Waals surface area contributed by atoms with E-state index in [2.05, 4.69) is 0 Å². The molecule has 20 heavy (non-hydrogen) atoms. The van der Waals surface area contributed by atoms with Crippen LogP contribution in [0.5, 0.6) is 5.75 Å². The van der Waals surface area contributed by atoms with Crippen molar-refractivity contribution in [1.29, 1.82) is 0 Å². The van der Waals surface area contributed by atoms with Crippen molar-refractivity contribution in [1.82, 2.24) is 4.57 Å². The third-order valence-corrected chi connectivity index (χ3v) is 3.47. The number of hydrogen-bond donors (Lipinski definition) is 1. The van der Waals surface area contributed by atoms with Gasteiger partial charge in [-0.3, -0.25) is 9.36 Å². The van der Waals surface area contributed by atoms with Gasteiger partial charge in [-0.15, -0.1) is 0 Å². The van der Waals surface area contributed by atoms with Crippen LogP contribution in [0.3, 0.4) is 0 Å². The Labute approximate surface area is 117 Å². The third-order valence-electron chi connectivity index (χ3n) is 3.47. The average Bonchev–Trinajstić information content (AvgIpc) is 2.74. The van der Waals surface area contributed by atoms with E-state index in [0.717, 1.165) is 11.1 Å². The lowest BCUT2D eigenvalue weighted by Gasteiger charge is -2.07. The second-order valence-electron chi connectivity index (χ2n) is 4.83. The van der Waals surface area contributed by atoms with Crippen LogP contribution < -0.4 is 0 Å². The summed E-state index contributed by atoms with van der Waals surface area (Å²) in [5.74, 6) is 0.104. The molecule has 3 aromatic rings. The molecule has 3 rings (SSSR count). The Morgan fingerprint density at radius 2 is 1.70 bits per heavy atom. The maximum atomic E-state index is 11.9. The number of carbonyl (C=O) groups excluding carboxylic acids is 1. The van der Waals surface area contributed by atoms with Crippen molar-refractivity contribution in [3.63, 3.8) is 0 Å². The molecular weight excluding hydrogens is 250 g/mol. The molecule has 0 radical (unpaired) electrons. The second kappa shape index (κ2) is 4.85. The maximum absolute atomic E-state index is 11.9. The molecule has 3 heteroatoms. The van der Waals surface area contributed by atoms with Crippen molar-refractivity contribution in [3.05, 3.63) is 65.9 Å². The number of benzene rings is 2. The fourth-order valence-corrected chi connectivity index (χ4v) is 2.59. The van der Waals surface area contributed by atoms with Gasteiger partial charge < -0.3 is 5.11 Å². The average molecular weight is 265 g/mol. The van der Waals surface area contributed by atoms with Gasteiger partial charge in [0.1, 0.15) is 5.75 Å². The normalized spacial score (nSPS) is 10.8. The fraction of sp³-hybridized carbons (Fsp3) is 0.118. The number of nitrogens with zero attached hydrogens (tertiary/aromatic N) is 1. The number of aromatic nitrogens is 1. The lowest BCUT2D eigenvalue weighted by molar-refractivity contribution is 0.0938. The Morgan fingerprint density at radius 1 is 1.05 bits per heavy atom. The standard InChI is InChI=1S/C17H15NO2/c1-12(19)18-15-10-6-5-9-14(15)17(20)16(18)11-13-7-3-2-4-8-13/h2-10,20H,11H2,1H3. The summed E-state index contributed by atoms with van der Waals surface area (Å²) in [4.78, 5) is 11.9. The first-order valence-corrected chi connectivity index (χ1v) is 6.54. The van der Waals surface area contributed by atoms with Crippen LogP contribution in [-0.4, -0.2) is 15.6 Å². The van der Waals surface area contributed by atoms with Crippen LogP contribution in [-0.2, 0) is 6.42 Å². The van der Waals surface area contributed by atoms with E-state index in [1.54, 1.807) is 4.57 Å². The van der Waals surface area contributed by atoms with Crippen molar-refractivity contribution in [2.45, 2.75) is 13.3 Å². The maximum Gasteiger partial charge on any atom is 0.228 e. The minimum absolute atomic E-state index is 0.0903. The van der Waals surface area contributed by atoms with Crippen LogP contribution in [0.2, 0.25) is 0 Å². The van der Waals surface area contributed by atoms with Crippen LogP contribution in [0.15, 0.2) is 54.6 Å². The Balaban J connectivity index is 2.21. The van der Waals surface area contributed by atoms with Crippen LogP contribution in [0.25, 0.3) is 10.9 Å². The molecule has 0 aliphatic heterocycles. The molecule has 0 spiro atoms. The lowest BCUT2D eigenvalue weighted by Crippen LogP contribution is -2.09. The molecular formula is C17H15NO2. The highest BCUT2D eigenvalue weighted by atomic mass is 16.3. The van der Waals surface area contributed by atoms with Gasteiger partial charge in [0.25, 0.3) is 0 Å². The molecule has 0 saturated heterocycles. The van der Waals surface area contributed by atoms with Gasteiger partial charge in [0.2, 0.25) is 5.91 Å². The van der Waals surface area contributed by atoms with Crippen molar-refractivity contribution in [2.75, 3.05) is 0 Å². The van der Waals surface area contributed by atoms with E-state index in [4.69, 9.17) is 0 Å². The summed E-state index contributed by atoms with van der Waals surface area (Å²) in [7, 11) is 0. The Hall–Kier alpha value is -2.55. The van der Waals surface area contributed by atoms with Crippen molar-refractivity contribution in [3.8, 4) is 5.75 Å². The van der Waals surface area contributed by atoms with E-state index in [1.165, 1.54) is 6.92 Å². The lowest BCUT2D eigenvalue weighted by atomic mass is 10.1. The minimum Gasteiger partial charge on any atom is -0.505 e. The summed E-state index contributed by atoms with van der Waals surface area (Å²) in [5.41, 5.74) is 2.46. The Morgan fingerprint density at radius 3 is 2.40 bits per heavy atom. The molecule has 0 atom stereocenters. The summed E-state index contributed by atoms with van der Waals surface area (Å²) in [6, 6.07) is 17.2.